The molecule has 3 nitrogen and oxygen atoms in total. The van der Waals surface area contributed by atoms with Crippen molar-refractivity contribution in [2.75, 3.05) is 12.8 Å². The zero-order valence-electron chi connectivity index (χ0n) is 12.6. The maximum absolute atomic E-state index is 12.7. The Balaban J connectivity index is 1.79. The van der Waals surface area contributed by atoms with Gasteiger partial charge in [0.15, 0.2) is 0 Å². The lowest BCUT2D eigenvalue weighted by Gasteiger charge is -2.29. The monoisotopic (exact) mass is 313 g/mol. The van der Waals surface area contributed by atoms with Gasteiger partial charge in [0.2, 0.25) is 0 Å². The molecule has 4 heteroatoms. The Bertz CT molecular complexity index is 727. The van der Waals surface area contributed by atoms with Crippen molar-refractivity contribution >= 4 is 16.7 Å². The van der Waals surface area contributed by atoms with E-state index >= 15 is 0 Å². The van der Waals surface area contributed by atoms with E-state index in [0.717, 1.165) is 18.5 Å². The molecule has 0 saturated heterocycles. The van der Waals surface area contributed by atoms with Crippen LogP contribution < -0.4 is 0 Å². The van der Waals surface area contributed by atoms with Crippen molar-refractivity contribution < 1.29 is 9.00 Å². The Labute approximate surface area is 133 Å². The van der Waals surface area contributed by atoms with E-state index in [4.69, 9.17) is 0 Å². The van der Waals surface area contributed by atoms with Crippen molar-refractivity contribution in [3.05, 3.63) is 70.8 Å². The molecule has 2 aromatic rings. The third kappa shape index (κ3) is 3.28. The highest BCUT2D eigenvalue weighted by molar-refractivity contribution is 7.83. The fraction of sp³-hybridized carbons (Fsp3) is 0.278. The summed E-state index contributed by atoms with van der Waals surface area (Å²) in [6.45, 7) is 1.42. The predicted molar refractivity (Wildman–Crippen MR) is 89.1 cm³/mol. The zero-order chi connectivity index (χ0) is 15.5. The van der Waals surface area contributed by atoms with E-state index in [-0.39, 0.29) is 5.91 Å². The topological polar surface area (TPSA) is 37.4 Å². The first-order valence-corrected chi connectivity index (χ1v) is 9.11. The van der Waals surface area contributed by atoms with Gasteiger partial charge in [-0.2, -0.15) is 0 Å². The molecule has 0 bridgehead atoms. The summed E-state index contributed by atoms with van der Waals surface area (Å²) in [4.78, 5) is 14.6. The average molecular weight is 313 g/mol. The molecular formula is C18H19NO2S. The molecule has 0 spiro atoms. The first kappa shape index (κ1) is 15.0. The van der Waals surface area contributed by atoms with Crippen molar-refractivity contribution in [1.82, 2.24) is 4.90 Å². The molecular weight excluding hydrogens is 294 g/mol. The molecule has 1 atom stereocenters. The normalized spacial score (nSPS) is 15.2. The van der Waals surface area contributed by atoms with E-state index in [1.54, 1.807) is 6.26 Å². The van der Waals surface area contributed by atoms with Crippen LogP contribution in [0.3, 0.4) is 0 Å². The minimum Gasteiger partial charge on any atom is -0.334 e. The van der Waals surface area contributed by atoms with E-state index in [1.165, 1.54) is 11.1 Å². The molecule has 0 aromatic heterocycles. The predicted octanol–water partition coefficient (Wildman–Crippen LogP) is 2.76. The molecule has 3 rings (SSSR count). The van der Waals surface area contributed by atoms with Crippen LogP contribution in [0, 0.1) is 0 Å². The fourth-order valence-corrected chi connectivity index (χ4v) is 3.53. The second-order valence-electron chi connectivity index (χ2n) is 5.66. The number of nitrogens with zero attached hydrogens (tertiary/aromatic N) is 1. The van der Waals surface area contributed by atoms with Crippen molar-refractivity contribution in [3.8, 4) is 0 Å². The lowest BCUT2D eigenvalue weighted by Crippen LogP contribution is -2.35. The van der Waals surface area contributed by atoms with Gasteiger partial charge >= 0.3 is 0 Å². The molecule has 1 heterocycles. The van der Waals surface area contributed by atoms with Crippen LogP contribution >= 0.6 is 0 Å². The number of fused-ring (bicyclic) bond motifs is 1. The van der Waals surface area contributed by atoms with E-state index in [1.807, 2.05) is 41.3 Å². The Morgan fingerprint density at radius 1 is 1.14 bits per heavy atom. The minimum atomic E-state index is -0.897. The van der Waals surface area contributed by atoms with Crippen LogP contribution in [-0.4, -0.2) is 27.8 Å². The van der Waals surface area contributed by atoms with Gasteiger partial charge in [0.1, 0.15) is 0 Å². The molecule has 0 fully saturated rings. The quantitative estimate of drug-likeness (QED) is 0.874. The van der Waals surface area contributed by atoms with E-state index in [9.17, 15) is 9.00 Å². The molecule has 0 radical (unpaired) electrons. The third-order valence-electron chi connectivity index (χ3n) is 3.96. The number of carbonyl (C=O) groups is 1. The number of hydrogen-bond acceptors (Lipinski definition) is 2. The van der Waals surface area contributed by atoms with E-state index in [0.29, 0.717) is 17.9 Å². The molecule has 1 unspecified atom stereocenters. The second-order valence-corrected chi connectivity index (χ2v) is 7.10. The van der Waals surface area contributed by atoms with Gasteiger partial charge in [-0.25, -0.2) is 0 Å². The average Bonchev–Trinajstić information content (AvgIpc) is 2.53. The van der Waals surface area contributed by atoms with Gasteiger partial charge in [0.05, 0.1) is 0 Å². The Morgan fingerprint density at radius 3 is 2.68 bits per heavy atom. The largest absolute Gasteiger partial charge is 0.334 e. The summed E-state index contributed by atoms with van der Waals surface area (Å²) >= 11 is 0. The van der Waals surface area contributed by atoms with Crippen LogP contribution in [0.1, 0.15) is 27.0 Å². The van der Waals surface area contributed by atoms with Crippen LogP contribution in [0.15, 0.2) is 48.5 Å². The third-order valence-corrected chi connectivity index (χ3v) is 4.70. The first-order chi connectivity index (χ1) is 10.6. The summed E-state index contributed by atoms with van der Waals surface area (Å²) < 4.78 is 11.3. The number of benzene rings is 2. The van der Waals surface area contributed by atoms with Crippen molar-refractivity contribution in [2.45, 2.75) is 18.7 Å². The maximum atomic E-state index is 12.7. The Kier molecular flexibility index (Phi) is 4.39. The fourth-order valence-electron chi connectivity index (χ4n) is 2.88. The molecule has 114 valence electrons. The van der Waals surface area contributed by atoms with Gasteiger partial charge in [-0.05, 0) is 35.2 Å². The highest BCUT2D eigenvalue weighted by Crippen LogP contribution is 2.20. The molecule has 22 heavy (non-hydrogen) atoms. The van der Waals surface area contributed by atoms with Gasteiger partial charge in [-0.3, -0.25) is 9.00 Å². The number of carbonyl (C=O) groups excluding carboxylic acids is 1. The second kappa shape index (κ2) is 6.44. The van der Waals surface area contributed by atoms with Crippen molar-refractivity contribution in [2.24, 2.45) is 0 Å². The van der Waals surface area contributed by atoms with Gasteiger partial charge in [-0.1, -0.05) is 36.4 Å². The Hall–Kier alpha value is -1.94. The zero-order valence-corrected chi connectivity index (χ0v) is 13.4. The van der Waals surface area contributed by atoms with Crippen LogP contribution in [-0.2, 0) is 29.5 Å². The molecule has 0 aliphatic carbocycles. The van der Waals surface area contributed by atoms with Gasteiger partial charge in [0, 0.05) is 41.5 Å². The molecule has 2 aromatic carbocycles. The first-order valence-electron chi connectivity index (χ1n) is 7.38. The smallest absolute Gasteiger partial charge is 0.254 e. The lowest BCUT2D eigenvalue weighted by atomic mass is 9.99. The van der Waals surface area contributed by atoms with Crippen molar-refractivity contribution in [1.29, 1.82) is 0 Å². The van der Waals surface area contributed by atoms with Crippen LogP contribution in [0.2, 0.25) is 0 Å². The van der Waals surface area contributed by atoms with Crippen LogP contribution in [0.25, 0.3) is 0 Å². The van der Waals surface area contributed by atoms with E-state index < -0.39 is 10.8 Å². The molecule has 1 amide bonds. The maximum Gasteiger partial charge on any atom is 0.254 e. The standard InChI is InChI=1S/C18H19NO2S/c1-22(21)13-14-5-4-8-16(11-14)18(20)19-10-9-15-6-2-3-7-17(15)12-19/h2-8,11H,9-10,12-13H2,1H3. The molecule has 0 saturated carbocycles. The minimum absolute atomic E-state index is 0.0539. The van der Waals surface area contributed by atoms with Gasteiger partial charge in [0.25, 0.3) is 5.91 Å². The highest BCUT2D eigenvalue weighted by Gasteiger charge is 2.21. The summed E-state index contributed by atoms with van der Waals surface area (Å²) in [6.07, 6.45) is 2.58. The summed E-state index contributed by atoms with van der Waals surface area (Å²) in [5.74, 6) is 0.544. The summed E-state index contributed by atoms with van der Waals surface area (Å²) in [7, 11) is -0.897. The summed E-state index contributed by atoms with van der Waals surface area (Å²) in [6, 6.07) is 15.8. The summed E-state index contributed by atoms with van der Waals surface area (Å²) in [5, 5.41) is 0. The van der Waals surface area contributed by atoms with Gasteiger partial charge < -0.3 is 4.90 Å². The van der Waals surface area contributed by atoms with Crippen LogP contribution in [0.5, 0.6) is 0 Å². The lowest BCUT2D eigenvalue weighted by molar-refractivity contribution is 0.0734. The summed E-state index contributed by atoms with van der Waals surface area (Å²) in [5.41, 5.74) is 4.20. The van der Waals surface area contributed by atoms with Crippen LogP contribution in [0.4, 0.5) is 0 Å². The highest BCUT2D eigenvalue weighted by atomic mass is 32.2. The van der Waals surface area contributed by atoms with Gasteiger partial charge in [-0.15, -0.1) is 0 Å². The number of amides is 1. The van der Waals surface area contributed by atoms with Crippen molar-refractivity contribution in [3.63, 3.8) is 0 Å². The molecule has 1 aliphatic heterocycles. The Morgan fingerprint density at radius 2 is 1.91 bits per heavy atom. The SMILES string of the molecule is CS(=O)Cc1cccc(C(=O)N2CCc3ccccc3C2)c1. The molecule has 1 aliphatic rings. The number of hydrogen-bond donors (Lipinski definition) is 0. The number of rotatable bonds is 3. The molecule has 0 N–H and O–H groups in total. The van der Waals surface area contributed by atoms with E-state index in [2.05, 4.69) is 12.1 Å².